The fourth-order valence-electron chi connectivity index (χ4n) is 3.02. The molecule has 0 bridgehead atoms. The molecule has 0 amide bonds. The Morgan fingerprint density at radius 1 is 1.29 bits per heavy atom. The minimum Gasteiger partial charge on any atom is -0.594 e. The van der Waals surface area contributed by atoms with E-state index in [0.717, 1.165) is 33.8 Å². The molecule has 0 saturated carbocycles. The van der Waals surface area contributed by atoms with Gasteiger partial charge in [0.2, 0.25) is 5.71 Å². The molecule has 0 fully saturated rings. The third-order valence-electron chi connectivity index (χ3n) is 4.48. The predicted molar refractivity (Wildman–Crippen MR) is 95.8 cm³/mol. The number of aromatic nitrogens is 1. The van der Waals surface area contributed by atoms with Gasteiger partial charge in [-0.2, -0.15) is 0 Å². The average Bonchev–Trinajstić information content (AvgIpc) is 2.90. The van der Waals surface area contributed by atoms with Crippen LogP contribution in [0.5, 0.6) is 0 Å². The normalized spacial score (nSPS) is 18.3. The van der Waals surface area contributed by atoms with Gasteiger partial charge in [0, 0.05) is 40.2 Å². The van der Waals surface area contributed by atoms with E-state index in [1.165, 1.54) is 0 Å². The van der Waals surface area contributed by atoms with Crippen LogP contribution >= 0.6 is 0 Å². The van der Waals surface area contributed by atoms with Crippen molar-refractivity contribution in [2.45, 2.75) is 39.7 Å². The van der Waals surface area contributed by atoms with Crippen LogP contribution in [0.3, 0.4) is 0 Å². The van der Waals surface area contributed by atoms with Crippen molar-refractivity contribution in [3.8, 4) is 5.69 Å². The molecule has 5 nitrogen and oxygen atoms in total. The van der Waals surface area contributed by atoms with Gasteiger partial charge in [-0.1, -0.05) is 11.8 Å². The number of rotatable bonds is 3. The van der Waals surface area contributed by atoms with Gasteiger partial charge in [0.25, 0.3) is 0 Å². The second kappa shape index (κ2) is 5.91. The lowest BCUT2D eigenvalue weighted by atomic mass is 9.95. The van der Waals surface area contributed by atoms with Crippen LogP contribution in [0.4, 0.5) is 0 Å². The number of hydrogen-bond donors (Lipinski definition) is 1. The molecule has 3 rings (SSSR count). The molecule has 1 unspecified atom stereocenters. The van der Waals surface area contributed by atoms with Crippen molar-refractivity contribution in [2.24, 2.45) is 11.0 Å². The molecule has 1 atom stereocenters. The first-order chi connectivity index (χ1) is 11.3. The number of hydrogen-bond acceptors (Lipinski definition) is 3. The summed E-state index contributed by atoms with van der Waals surface area (Å²) in [5, 5.41) is 26.0. The number of aliphatic hydroxyl groups is 1. The van der Waals surface area contributed by atoms with Gasteiger partial charge in [-0.25, -0.2) is 0 Å². The standard InChI is InChI=1S/C19H23N3O2/c1-13-9-10-20-22(24)18(13)15-5-7-17(8-6-15)21-12-16(11-14(21)2)19(3,4)23/h5-8,10-13,23H,9H2,1-4H3. The zero-order valence-electron chi connectivity index (χ0n) is 14.5. The Kier molecular flexibility index (Phi) is 4.05. The molecule has 2 aromatic rings. The molecule has 1 N–H and O–H groups in total. The maximum absolute atomic E-state index is 12.0. The highest BCUT2D eigenvalue weighted by Crippen LogP contribution is 2.25. The first-order valence-corrected chi connectivity index (χ1v) is 8.16. The smallest absolute Gasteiger partial charge is 0.232 e. The van der Waals surface area contributed by atoms with Gasteiger partial charge in [-0.05, 0) is 51.1 Å². The molecule has 1 aliphatic heterocycles. The molecular weight excluding hydrogens is 302 g/mol. The fourth-order valence-corrected chi connectivity index (χ4v) is 3.02. The Labute approximate surface area is 142 Å². The van der Waals surface area contributed by atoms with Crippen molar-refractivity contribution >= 4 is 11.9 Å². The summed E-state index contributed by atoms with van der Waals surface area (Å²) in [7, 11) is 0. The predicted octanol–water partition coefficient (Wildman–Crippen LogP) is 3.34. The van der Waals surface area contributed by atoms with E-state index in [9.17, 15) is 10.3 Å². The SMILES string of the molecule is Cc1cc(C(C)(C)O)cn1-c1ccc(C2=[N+]([O-])N=CCC2C)cc1. The Hall–Kier alpha value is -2.40. The van der Waals surface area contributed by atoms with Crippen molar-refractivity contribution in [1.29, 1.82) is 0 Å². The van der Waals surface area contributed by atoms with Gasteiger partial charge in [0.1, 0.15) is 0 Å². The molecular formula is C19H23N3O2. The van der Waals surface area contributed by atoms with Gasteiger partial charge in [0.15, 0.2) is 0 Å². The van der Waals surface area contributed by atoms with Gasteiger partial charge in [-0.15, -0.1) is 0 Å². The van der Waals surface area contributed by atoms with E-state index in [2.05, 4.69) is 5.10 Å². The Bertz CT molecular complexity index is 808. The molecule has 1 aliphatic rings. The highest BCUT2D eigenvalue weighted by molar-refractivity contribution is 6.00. The zero-order valence-corrected chi connectivity index (χ0v) is 14.5. The molecule has 24 heavy (non-hydrogen) atoms. The maximum Gasteiger partial charge on any atom is 0.232 e. The van der Waals surface area contributed by atoms with E-state index in [1.807, 2.05) is 54.9 Å². The summed E-state index contributed by atoms with van der Waals surface area (Å²) in [4.78, 5) is 0.719. The van der Waals surface area contributed by atoms with Crippen molar-refractivity contribution < 1.29 is 9.95 Å². The summed E-state index contributed by atoms with van der Waals surface area (Å²) in [6.45, 7) is 7.60. The van der Waals surface area contributed by atoms with Crippen molar-refractivity contribution in [1.82, 2.24) is 4.57 Å². The van der Waals surface area contributed by atoms with E-state index in [1.54, 1.807) is 20.1 Å². The van der Waals surface area contributed by atoms with Crippen LogP contribution in [0.1, 0.15) is 44.0 Å². The fraction of sp³-hybridized carbons (Fsp3) is 0.368. The second-order valence-corrected chi connectivity index (χ2v) is 6.94. The third-order valence-corrected chi connectivity index (χ3v) is 4.48. The van der Waals surface area contributed by atoms with E-state index in [-0.39, 0.29) is 5.92 Å². The van der Waals surface area contributed by atoms with Gasteiger partial charge >= 0.3 is 0 Å². The highest BCUT2D eigenvalue weighted by atomic mass is 16.5. The summed E-state index contributed by atoms with van der Waals surface area (Å²) in [5.41, 5.74) is 3.64. The van der Waals surface area contributed by atoms with Crippen LogP contribution in [0, 0.1) is 18.0 Å². The van der Waals surface area contributed by atoms with E-state index >= 15 is 0 Å². The lowest BCUT2D eigenvalue weighted by Gasteiger charge is -2.15. The maximum atomic E-state index is 12.0. The molecule has 126 valence electrons. The third kappa shape index (κ3) is 2.99. The number of nitrogens with zero attached hydrogens (tertiary/aromatic N) is 3. The van der Waals surface area contributed by atoms with E-state index in [0.29, 0.717) is 5.71 Å². The first kappa shape index (κ1) is 16.5. The molecule has 1 aromatic carbocycles. The minimum absolute atomic E-state index is 0.154. The van der Waals surface area contributed by atoms with Crippen LogP contribution < -0.4 is 0 Å². The topological polar surface area (TPSA) is 63.6 Å². The van der Waals surface area contributed by atoms with Gasteiger partial charge in [-0.3, -0.25) is 0 Å². The Balaban J connectivity index is 1.96. The van der Waals surface area contributed by atoms with Crippen molar-refractivity contribution in [3.05, 3.63) is 58.6 Å². The quantitative estimate of drug-likeness (QED) is 0.695. The molecule has 5 heteroatoms. The number of hydrazone groups is 1. The van der Waals surface area contributed by atoms with Crippen molar-refractivity contribution in [3.63, 3.8) is 0 Å². The molecule has 2 heterocycles. The van der Waals surface area contributed by atoms with Gasteiger partial charge < -0.3 is 14.9 Å². The summed E-state index contributed by atoms with van der Waals surface area (Å²) < 4.78 is 2.04. The summed E-state index contributed by atoms with van der Waals surface area (Å²) >= 11 is 0. The van der Waals surface area contributed by atoms with Gasteiger partial charge in [0.05, 0.1) is 17.7 Å². The zero-order chi connectivity index (χ0) is 17.5. The molecule has 1 aromatic heterocycles. The lowest BCUT2D eigenvalue weighted by Crippen LogP contribution is -2.25. The van der Waals surface area contributed by atoms with Crippen LogP contribution in [0.15, 0.2) is 41.6 Å². The van der Waals surface area contributed by atoms with Crippen LogP contribution in [-0.2, 0) is 5.60 Å². The van der Waals surface area contributed by atoms with E-state index < -0.39 is 5.60 Å². The van der Waals surface area contributed by atoms with Crippen LogP contribution in [0.2, 0.25) is 0 Å². The lowest BCUT2D eigenvalue weighted by molar-refractivity contribution is -0.466. The molecule has 0 radical (unpaired) electrons. The molecule has 0 aliphatic carbocycles. The summed E-state index contributed by atoms with van der Waals surface area (Å²) in [5.74, 6) is 0.154. The number of aryl methyl sites for hydroxylation is 1. The largest absolute Gasteiger partial charge is 0.594 e. The minimum atomic E-state index is -0.871. The monoisotopic (exact) mass is 325 g/mol. The summed E-state index contributed by atoms with van der Waals surface area (Å²) in [6, 6.07) is 9.87. The second-order valence-electron chi connectivity index (χ2n) is 6.94. The molecule has 0 spiro atoms. The highest BCUT2D eigenvalue weighted by Gasteiger charge is 2.24. The summed E-state index contributed by atoms with van der Waals surface area (Å²) in [6.07, 6.45) is 4.39. The van der Waals surface area contributed by atoms with Crippen LogP contribution in [0.25, 0.3) is 5.69 Å². The number of benzene rings is 1. The average molecular weight is 325 g/mol. The first-order valence-electron chi connectivity index (χ1n) is 8.16. The van der Waals surface area contributed by atoms with E-state index in [4.69, 9.17) is 0 Å². The van der Waals surface area contributed by atoms with Crippen LogP contribution in [-0.4, -0.2) is 26.4 Å². The molecule has 0 saturated heterocycles. The Morgan fingerprint density at radius 3 is 2.50 bits per heavy atom. The van der Waals surface area contributed by atoms with Crippen molar-refractivity contribution in [2.75, 3.05) is 0 Å². The Morgan fingerprint density at radius 2 is 1.96 bits per heavy atom.